The van der Waals surface area contributed by atoms with Crippen LogP contribution in [0.5, 0.6) is 0 Å². The minimum Gasteiger partial charge on any atom is -0.298 e. The number of benzene rings is 2. The molecule has 0 N–H and O–H groups in total. The first-order valence-corrected chi connectivity index (χ1v) is 5.17. The Morgan fingerprint density at radius 3 is 2.25 bits per heavy atom. The van der Waals surface area contributed by atoms with Crippen molar-refractivity contribution in [2.24, 2.45) is 0 Å². The average molecular weight is 210 g/mol. The van der Waals surface area contributed by atoms with Crippen LogP contribution in [-0.4, -0.2) is 6.29 Å². The van der Waals surface area contributed by atoms with Crippen LogP contribution in [0.15, 0.2) is 54.6 Å². The highest BCUT2D eigenvalue weighted by Crippen LogP contribution is 2.11. The molecule has 0 spiro atoms. The maximum atomic E-state index is 10.8. The molecule has 0 amide bonds. The molecule has 16 heavy (non-hydrogen) atoms. The molecule has 0 aromatic heterocycles. The first-order valence-electron chi connectivity index (χ1n) is 5.17. The fraction of sp³-hybridized carbons (Fsp3) is 0. The first-order chi connectivity index (χ1) is 7.90. The largest absolute Gasteiger partial charge is 0.298 e. The van der Waals surface area contributed by atoms with Gasteiger partial charge in [0.1, 0.15) is 0 Å². The number of carbonyl (C=O) groups excluding carboxylic acids is 1. The number of aldehydes is 1. The van der Waals surface area contributed by atoms with E-state index in [0.29, 0.717) is 0 Å². The van der Waals surface area contributed by atoms with Crippen molar-refractivity contribution in [2.45, 2.75) is 0 Å². The molecule has 78 valence electrons. The molecule has 2 rings (SSSR count). The van der Waals surface area contributed by atoms with Gasteiger partial charge in [0.2, 0.25) is 0 Å². The molecule has 0 aliphatic rings. The number of hydrogen-bond acceptors (Lipinski definition) is 1. The summed E-state index contributed by atoms with van der Waals surface area (Å²) in [4.78, 5) is 10.8. The van der Waals surface area contributed by atoms with Crippen LogP contribution >= 0.6 is 0 Å². The Bertz CT molecular complexity index is 498. The number of hydrogen-bond donors (Lipinski definition) is 0. The lowest BCUT2D eigenvalue weighted by molar-refractivity contribution is 0.112. The molecule has 0 aliphatic carbocycles. The molecule has 1 heteroatoms. The standard InChI is InChI=1S/C15H12O/c16-12-15-9-5-4-8-14(15)11-10-13-6-2-1-3-7-13/h1-12H/b11-10+/i12+2. The Balaban J connectivity index is 2.27. The van der Waals surface area contributed by atoms with Crippen LogP contribution < -0.4 is 0 Å². The third-order valence-electron chi connectivity index (χ3n) is 2.38. The van der Waals surface area contributed by atoms with Gasteiger partial charge >= 0.3 is 0 Å². The quantitative estimate of drug-likeness (QED) is 0.558. The van der Waals surface area contributed by atoms with Crippen molar-refractivity contribution in [1.82, 2.24) is 0 Å². The monoisotopic (exact) mass is 210 g/mol. The summed E-state index contributed by atoms with van der Waals surface area (Å²) >= 11 is 0. The number of carbonyl (C=O) groups is 1. The zero-order valence-electron chi connectivity index (χ0n) is 8.84. The van der Waals surface area contributed by atoms with Gasteiger partial charge in [-0.2, -0.15) is 0 Å². The SMILES string of the molecule is O=[14CH]c1ccccc1/C=C/c1ccccc1. The lowest BCUT2D eigenvalue weighted by atomic mass is 10.1. The van der Waals surface area contributed by atoms with E-state index in [1.54, 1.807) is 0 Å². The van der Waals surface area contributed by atoms with Crippen molar-refractivity contribution in [3.8, 4) is 0 Å². The Labute approximate surface area is 95.1 Å². The highest BCUT2D eigenvalue weighted by atomic mass is 16.3. The van der Waals surface area contributed by atoms with Crippen LogP contribution in [0, 0.1) is 0 Å². The van der Waals surface area contributed by atoms with E-state index >= 15 is 0 Å². The van der Waals surface area contributed by atoms with Gasteiger partial charge in [0.15, 0.2) is 6.29 Å². The fourth-order valence-corrected chi connectivity index (χ4v) is 1.52. The molecule has 0 aliphatic heterocycles. The van der Waals surface area contributed by atoms with Crippen molar-refractivity contribution < 1.29 is 4.79 Å². The summed E-state index contributed by atoms with van der Waals surface area (Å²) in [5, 5.41) is 0. The van der Waals surface area contributed by atoms with E-state index in [9.17, 15) is 4.79 Å². The fourth-order valence-electron chi connectivity index (χ4n) is 1.52. The first kappa shape index (κ1) is 10.4. The molecule has 0 radical (unpaired) electrons. The lowest BCUT2D eigenvalue weighted by Crippen LogP contribution is -1.83. The maximum absolute atomic E-state index is 10.8. The van der Waals surface area contributed by atoms with Gasteiger partial charge < -0.3 is 0 Å². The van der Waals surface area contributed by atoms with Crippen LogP contribution in [-0.2, 0) is 0 Å². The molecule has 0 saturated carbocycles. The molecular weight excluding hydrogens is 198 g/mol. The van der Waals surface area contributed by atoms with Crippen LogP contribution in [0.25, 0.3) is 12.2 Å². The molecule has 2 aromatic rings. The lowest BCUT2D eigenvalue weighted by Gasteiger charge is -1.97. The summed E-state index contributed by atoms with van der Waals surface area (Å²) in [6, 6.07) is 17.6. The van der Waals surface area contributed by atoms with E-state index < -0.39 is 0 Å². The predicted octanol–water partition coefficient (Wildman–Crippen LogP) is 3.67. The second kappa shape index (κ2) is 5.08. The zero-order valence-corrected chi connectivity index (χ0v) is 8.84. The molecule has 0 unspecified atom stereocenters. The Hall–Kier alpha value is -2.15. The van der Waals surface area contributed by atoms with Crippen molar-refractivity contribution in [3.63, 3.8) is 0 Å². The van der Waals surface area contributed by atoms with E-state index in [0.717, 1.165) is 23.0 Å². The summed E-state index contributed by atoms with van der Waals surface area (Å²) in [5.74, 6) is 0. The van der Waals surface area contributed by atoms with Gasteiger partial charge in [-0.15, -0.1) is 0 Å². The van der Waals surface area contributed by atoms with Crippen LogP contribution in [0.1, 0.15) is 21.5 Å². The van der Waals surface area contributed by atoms with Crippen molar-refractivity contribution in [2.75, 3.05) is 0 Å². The summed E-state index contributed by atoms with van der Waals surface area (Å²) in [7, 11) is 0. The van der Waals surface area contributed by atoms with Gasteiger partial charge in [-0.1, -0.05) is 66.7 Å². The van der Waals surface area contributed by atoms with Gasteiger partial charge in [0.25, 0.3) is 0 Å². The van der Waals surface area contributed by atoms with Crippen LogP contribution in [0.2, 0.25) is 0 Å². The smallest absolute Gasteiger partial charge is 0.150 e. The van der Waals surface area contributed by atoms with Crippen LogP contribution in [0.4, 0.5) is 0 Å². The summed E-state index contributed by atoms with van der Waals surface area (Å²) < 4.78 is 0. The second-order valence-corrected chi connectivity index (χ2v) is 3.49. The van der Waals surface area contributed by atoms with Crippen molar-refractivity contribution >= 4 is 18.4 Å². The molecule has 0 heterocycles. The average Bonchev–Trinajstić information content (AvgIpc) is 2.38. The summed E-state index contributed by atoms with van der Waals surface area (Å²) in [5.41, 5.74) is 2.79. The summed E-state index contributed by atoms with van der Waals surface area (Å²) in [6.07, 6.45) is 4.84. The van der Waals surface area contributed by atoms with E-state index in [2.05, 4.69) is 0 Å². The normalized spacial score (nSPS) is 10.5. The maximum Gasteiger partial charge on any atom is 0.150 e. The summed E-state index contributed by atoms with van der Waals surface area (Å²) in [6.45, 7) is 0. The second-order valence-electron chi connectivity index (χ2n) is 3.49. The molecule has 0 fully saturated rings. The van der Waals surface area contributed by atoms with Gasteiger partial charge in [-0.05, 0) is 11.1 Å². The highest BCUT2D eigenvalue weighted by molar-refractivity contribution is 5.84. The van der Waals surface area contributed by atoms with E-state index in [1.807, 2.05) is 66.7 Å². The third-order valence-corrected chi connectivity index (χ3v) is 2.38. The minimum atomic E-state index is 0.717. The molecular formula is C15H12O. The molecule has 1 nitrogen and oxygen atoms in total. The van der Waals surface area contributed by atoms with Gasteiger partial charge in [0, 0.05) is 5.56 Å². The number of rotatable bonds is 3. The van der Waals surface area contributed by atoms with Gasteiger partial charge in [-0.25, -0.2) is 0 Å². The van der Waals surface area contributed by atoms with E-state index in [4.69, 9.17) is 0 Å². The molecule has 0 saturated heterocycles. The van der Waals surface area contributed by atoms with Crippen LogP contribution in [0.3, 0.4) is 0 Å². The Morgan fingerprint density at radius 2 is 1.50 bits per heavy atom. The Kier molecular flexibility index (Phi) is 3.29. The molecule has 2 aromatic carbocycles. The van der Waals surface area contributed by atoms with Gasteiger partial charge in [-0.3, -0.25) is 4.79 Å². The molecule has 0 atom stereocenters. The third kappa shape index (κ3) is 2.45. The Morgan fingerprint density at radius 1 is 0.812 bits per heavy atom. The van der Waals surface area contributed by atoms with Crippen molar-refractivity contribution in [3.05, 3.63) is 71.3 Å². The topological polar surface area (TPSA) is 17.1 Å². The molecule has 0 bridgehead atoms. The van der Waals surface area contributed by atoms with Gasteiger partial charge in [0.05, 0.1) is 0 Å². The zero-order chi connectivity index (χ0) is 11.2. The minimum absolute atomic E-state index is 0.717. The highest BCUT2D eigenvalue weighted by Gasteiger charge is 1.95. The van der Waals surface area contributed by atoms with Crippen molar-refractivity contribution in [1.29, 1.82) is 0 Å². The predicted molar refractivity (Wildman–Crippen MR) is 67.2 cm³/mol. The van der Waals surface area contributed by atoms with E-state index in [-0.39, 0.29) is 0 Å². The van der Waals surface area contributed by atoms with E-state index in [1.165, 1.54) is 0 Å².